The molecule has 0 aliphatic heterocycles. The van der Waals surface area contributed by atoms with Gasteiger partial charge in [0.2, 0.25) is 0 Å². The number of nitrogens with zero attached hydrogens (tertiary/aromatic N) is 7. The Labute approximate surface area is 285 Å². The minimum Gasteiger partial charge on any atom is -0.507 e. The summed E-state index contributed by atoms with van der Waals surface area (Å²) in [4.78, 5) is 19.5. The molecule has 0 bridgehead atoms. The number of benzene rings is 5. The van der Waals surface area contributed by atoms with Gasteiger partial charge >= 0.3 is 5.97 Å². The molecule has 0 aromatic heterocycles. The lowest BCUT2D eigenvalue weighted by Crippen LogP contribution is -2.03. The third-order valence-corrected chi connectivity index (χ3v) is 8.54. The standard InChI is InChI=1S/C29H20N8O12S2/c30-25-24-14(11-22(50(44,45)46)26(25)35-32-17-5-8-19(9-6-17)37(42)43)12-23(51(47,48)49)27(28(24)39)36-33-16-3-1-15(2-4-16)31-34-18-7-10-21(38)20(13-18)29(40)41/h1-13,38-39H,30H2,(H,40,41)(H,44,45,46)(H,47,48,49). The van der Waals surface area contributed by atoms with Crippen LogP contribution in [0.2, 0.25) is 0 Å². The number of azo groups is 3. The van der Waals surface area contributed by atoms with Gasteiger partial charge in [0.25, 0.3) is 25.9 Å². The number of aromatic hydroxyl groups is 2. The molecule has 5 aromatic rings. The van der Waals surface area contributed by atoms with Crippen LogP contribution in [0.5, 0.6) is 11.5 Å². The van der Waals surface area contributed by atoms with Crippen LogP contribution < -0.4 is 5.73 Å². The maximum Gasteiger partial charge on any atom is 0.339 e. The van der Waals surface area contributed by atoms with E-state index in [-0.39, 0.29) is 34.0 Å². The summed E-state index contributed by atoms with van der Waals surface area (Å²) in [5.41, 5.74) is 3.82. The number of fused-ring (bicyclic) bond motifs is 1. The van der Waals surface area contributed by atoms with Gasteiger partial charge in [0, 0.05) is 12.1 Å². The molecule has 20 nitrogen and oxygen atoms in total. The zero-order valence-electron chi connectivity index (χ0n) is 25.1. The smallest absolute Gasteiger partial charge is 0.339 e. The maximum absolute atomic E-state index is 12.3. The van der Waals surface area contributed by atoms with Crippen LogP contribution in [0.15, 0.2) is 119 Å². The number of phenols is 2. The zero-order valence-corrected chi connectivity index (χ0v) is 26.8. The van der Waals surface area contributed by atoms with E-state index in [0.29, 0.717) is 6.07 Å². The van der Waals surface area contributed by atoms with Gasteiger partial charge in [-0.3, -0.25) is 19.2 Å². The van der Waals surface area contributed by atoms with E-state index in [1.165, 1.54) is 42.5 Å². The van der Waals surface area contributed by atoms with Crippen molar-refractivity contribution in [1.82, 2.24) is 0 Å². The Kier molecular flexibility index (Phi) is 9.50. The summed E-state index contributed by atoms with van der Waals surface area (Å²) in [5.74, 6) is -2.82. The number of nitro groups is 1. The number of phenolic OH excluding ortho intramolecular Hbond substituents is 1. The first-order valence-corrected chi connectivity index (χ1v) is 16.5. The highest BCUT2D eigenvalue weighted by atomic mass is 32.2. The second-order valence-corrected chi connectivity index (χ2v) is 12.9. The second-order valence-electron chi connectivity index (χ2n) is 10.2. The summed E-state index contributed by atoms with van der Waals surface area (Å²) in [7, 11) is -10.3. The fourth-order valence-corrected chi connectivity index (χ4v) is 5.75. The molecule has 7 N–H and O–H groups in total. The van der Waals surface area contributed by atoms with Crippen molar-refractivity contribution in [2.45, 2.75) is 9.79 Å². The van der Waals surface area contributed by atoms with Crippen molar-refractivity contribution in [3.63, 3.8) is 0 Å². The van der Waals surface area contributed by atoms with E-state index < -0.39 is 80.3 Å². The molecule has 0 amide bonds. The molecule has 0 unspecified atom stereocenters. The van der Waals surface area contributed by atoms with E-state index in [0.717, 1.165) is 30.3 Å². The summed E-state index contributed by atoms with van der Waals surface area (Å²) >= 11 is 0. The molecule has 0 saturated carbocycles. The summed E-state index contributed by atoms with van der Waals surface area (Å²) in [6.07, 6.45) is 0. The Balaban J connectivity index is 1.55. The third-order valence-electron chi connectivity index (χ3n) is 6.80. The quantitative estimate of drug-likeness (QED) is 0.0272. The topological polar surface area (TPSA) is 330 Å². The third kappa shape index (κ3) is 7.78. The Morgan fingerprint density at radius 3 is 1.59 bits per heavy atom. The number of nitro benzene ring substituents is 1. The number of carboxylic acids is 1. The number of carboxylic acid groups (broad SMARTS) is 1. The second kappa shape index (κ2) is 13.6. The number of hydrogen-bond donors (Lipinski definition) is 6. The molecule has 0 radical (unpaired) electrons. The molecule has 0 spiro atoms. The lowest BCUT2D eigenvalue weighted by Gasteiger charge is -2.14. The van der Waals surface area contributed by atoms with E-state index >= 15 is 0 Å². The molecule has 0 aliphatic carbocycles. The van der Waals surface area contributed by atoms with Crippen molar-refractivity contribution < 1.29 is 51.0 Å². The Hall–Kier alpha value is -6.75. The summed E-state index contributed by atoms with van der Waals surface area (Å²) in [6, 6.07) is 15.1. The summed E-state index contributed by atoms with van der Waals surface area (Å²) in [6.45, 7) is 0. The monoisotopic (exact) mass is 736 g/mol. The normalized spacial score (nSPS) is 12.4. The zero-order chi connectivity index (χ0) is 37.2. The van der Waals surface area contributed by atoms with Crippen molar-refractivity contribution in [3.05, 3.63) is 94.5 Å². The van der Waals surface area contributed by atoms with Crippen molar-refractivity contribution in [2.24, 2.45) is 30.7 Å². The van der Waals surface area contributed by atoms with Crippen LogP contribution in [0, 0.1) is 10.1 Å². The Morgan fingerprint density at radius 2 is 1.10 bits per heavy atom. The Morgan fingerprint density at radius 1 is 0.667 bits per heavy atom. The van der Waals surface area contributed by atoms with Crippen molar-refractivity contribution in [3.8, 4) is 11.5 Å². The van der Waals surface area contributed by atoms with Gasteiger partial charge in [-0.05, 0) is 72.1 Å². The van der Waals surface area contributed by atoms with Crippen LogP contribution in [0.25, 0.3) is 10.8 Å². The Bertz CT molecular complexity index is 2560. The first-order valence-electron chi connectivity index (χ1n) is 13.7. The molecule has 0 fully saturated rings. The average molecular weight is 737 g/mol. The number of nitrogen functional groups attached to an aromatic ring is 1. The average Bonchev–Trinajstić information content (AvgIpc) is 3.06. The van der Waals surface area contributed by atoms with Crippen LogP contribution >= 0.6 is 0 Å². The number of rotatable bonds is 10. The van der Waals surface area contributed by atoms with Gasteiger partial charge in [-0.1, -0.05) is 0 Å². The van der Waals surface area contributed by atoms with Gasteiger partial charge < -0.3 is 21.1 Å². The highest BCUT2D eigenvalue weighted by Crippen LogP contribution is 2.48. The van der Waals surface area contributed by atoms with Crippen molar-refractivity contribution >= 4 is 82.5 Å². The van der Waals surface area contributed by atoms with E-state index in [1.54, 1.807) is 0 Å². The molecule has 5 rings (SSSR count). The fraction of sp³-hybridized carbons (Fsp3) is 0. The van der Waals surface area contributed by atoms with E-state index in [2.05, 4.69) is 30.7 Å². The molecular weight excluding hydrogens is 716 g/mol. The summed E-state index contributed by atoms with van der Waals surface area (Å²) in [5, 5.41) is 63.2. The number of anilines is 1. The van der Waals surface area contributed by atoms with Crippen LogP contribution in [0.3, 0.4) is 0 Å². The largest absolute Gasteiger partial charge is 0.507 e. The number of hydrogen-bond acceptors (Lipinski definition) is 16. The number of non-ortho nitro benzene ring substituents is 1. The number of nitrogens with two attached hydrogens (primary N) is 1. The van der Waals surface area contributed by atoms with Crippen LogP contribution in [-0.2, 0) is 20.2 Å². The first kappa shape index (κ1) is 35.6. The minimum atomic E-state index is -5.17. The first-order chi connectivity index (χ1) is 23.9. The predicted molar refractivity (Wildman–Crippen MR) is 177 cm³/mol. The lowest BCUT2D eigenvalue weighted by molar-refractivity contribution is -0.384. The maximum atomic E-state index is 12.3. The molecule has 0 saturated heterocycles. The van der Waals surface area contributed by atoms with E-state index in [9.17, 15) is 51.1 Å². The molecule has 5 aromatic carbocycles. The van der Waals surface area contributed by atoms with Crippen molar-refractivity contribution in [2.75, 3.05) is 5.73 Å². The fourth-order valence-electron chi connectivity index (χ4n) is 4.42. The molecule has 0 heterocycles. The van der Waals surface area contributed by atoms with E-state index in [1.807, 2.05) is 0 Å². The van der Waals surface area contributed by atoms with E-state index in [4.69, 9.17) is 10.8 Å². The number of carbonyl (C=O) groups is 1. The van der Waals surface area contributed by atoms with Gasteiger partial charge in [-0.25, -0.2) is 4.79 Å². The summed E-state index contributed by atoms with van der Waals surface area (Å²) < 4.78 is 69.0. The van der Waals surface area contributed by atoms with Crippen molar-refractivity contribution in [1.29, 1.82) is 0 Å². The highest BCUT2D eigenvalue weighted by molar-refractivity contribution is 7.86. The molecule has 260 valence electrons. The molecular formula is C29H20N8O12S2. The highest BCUT2D eigenvalue weighted by Gasteiger charge is 2.28. The molecule has 0 atom stereocenters. The molecule has 22 heteroatoms. The van der Waals surface area contributed by atoms with Gasteiger partial charge in [0.1, 0.15) is 32.5 Å². The van der Waals surface area contributed by atoms with Crippen LogP contribution in [0.1, 0.15) is 10.4 Å². The van der Waals surface area contributed by atoms with Gasteiger partial charge in [-0.15, -0.1) is 10.2 Å². The van der Waals surface area contributed by atoms with Crippen LogP contribution in [0.4, 0.5) is 45.5 Å². The van der Waals surface area contributed by atoms with Gasteiger partial charge in [0.15, 0.2) is 5.75 Å². The minimum absolute atomic E-state index is 0.00184. The van der Waals surface area contributed by atoms with Gasteiger partial charge in [0.05, 0.1) is 38.7 Å². The SMILES string of the molecule is Nc1c(N=Nc2ccc([N+](=O)[O-])cc2)c(S(=O)(=O)O)cc2cc(S(=O)(=O)O)c(N=Nc3ccc(N=Nc4ccc(O)c(C(=O)O)c4)cc3)c(O)c12. The predicted octanol–water partition coefficient (Wildman–Crippen LogP) is 7.18. The molecule has 51 heavy (non-hydrogen) atoms. The molecule has 0 aliphatic rings. The van der Waals surface area contributed by atoms with Gasteiger partial charge in [-0.2, -0.15) is 37.3 Å². The van der Waals surface area contributed by atoms with Crippen LogP contribution in [-0.4, -0.2) is 52.2 Å². The lowest BCUT2D eigenvalue weighted by atomic mass is 10.1. The number of aromatic carboxylic acids is 1.